The van der Waals surface area contributed by atoms with Gasteiger partial charge in [-0.3, -0.25) is 14.9 Å². The molecule has 6 heteroatoms. The summed E-state index contributed by atoms with van der Waals surface area (Å²) < 4.78 is 0. The number of aliphatic hydroxyl groups excluding tert-OH is 1. The van der Waals surface area contributed by atoms with Crippen molar-refractivity contribution in [2.45, 2.75) is 31.7 Å². The zero-order chi connectivity index (χ0) is 20.5. The number of benzene rings is 2. The van der Waals surface area contributed by atoms with Gasteiger partial charge in [0, 0.05) is 46.7 Å². The quantitative estimate of drug-likeness (QED) is 0.482. The highest BCUT2D eigenvalue weighted by Crippen LogP contribution is 2.29. The van der Waals surface area contributed by atoms with Crippen molar-refractivity contribution in [3.8, 4) is 11.3 Å². The van der Waals surface area contributed by atoms with E-state index in [1.807, 2.05) is 48.7 Å². The maximum atomic E-state index is 12.9. The van der Waals surface area contributed by atoms with Crippen molar-refractivity contribution in [1.29, 1.82) is 0 Å². The van der Waals surface area contributed by atoms with Crippen molar-refractivity contribution in [3.63, 3.8) is 0 Å². The highest BCUT2D eigenvalue weighted by molar-refractivity contribution is 6.02. The second kappa shape index (κ2) is 7.88. The number of carbonyl (C=O) groups excluding carboxylic acids is 1. The molecule has 1 aliphatic rings. The van der Waals surface area contributed by atoms with Crippen LogP contribution >= 0.6 is 0 Å². The van der Waals surface area contributed by atoms with E-state index in [1.165, 1.54) is 0 Å². The fourth-order valence-electron chi connectivity index (χ4n) is 4.44. The third-order valence-electron chi connectivity index (χ3n) is 6.15. The van der Waals surface area contributed by atoms with Crippen molar-refractivity contribution >= 4 is 27.7 Å². The monoisotopic (exact) mass is 400 g/mol. The molecule has 1 saturated carbocycles. The molecule has 30 heavy (non-hydrogen) atoms. The number of para-hydroxylation sites is 1. The second-order valence-electron chi connectivity index (χ2n) is 8.06. The van der Waals surface area contributed by atoms with Crippen LogP contribution in [0.5, 0.6) is 0 Å². The van der Waals surface area contributed by atoms with Gasteiger partial charge >= 0.3 is 0 Å². The standard InChI is InChI=1S/C24H24N4O2/c29-14-17-6-2-4-8-21(17)26-24(30)16-9-10-22-19(12-16)23(28-27-22)18-11-15-5-1-3-7-20(15)25-13-18/h1,3,5,7,9-13,17,21,29H,2,4,6,8,14H2,(H,26,30)(H,27,28)/t17-,21-/m0/s1. The van der Waals surface area contributed by atoms with Gasteiger partial charge in [0.15, 0.2) is 0 Å². The van der Waals surface area contributed by atoms with Crippen LogP contribution in [0, 0.1) is 5.92 Å². The topological polar surface area (TPSA) is 90.9 Å². The minimum Gasteiger partial charge on any atom is -0.396 e. The summed E-state index contributed by atoms with van der Waals surface area (Å²) in [7, 11) is 0. The summed E-state index contributed by atoms with van der Waals surface area (Å²) in [6.07, 6.45) is 5.89. The van der Waals surface area contributed by atoms with Crippen LogP contribution in [0.4, 0.5) is 0 Å². The fourth-order valence-corrected chi connectivity index (χ4v) is 4.44. The molecule has 0 aliphatic heterocycles. The van der Waals surface area contributed by atoms with Crippen molar-refractivity contribution in [1.82, 2.24) is 20.5 Å². The Hall–Kier alpha value is -3.25. The summed E-state index contributed by atoms with van der Waals surface area (Å²) in [5.41, 5.74) is 4.10. The largest absolute Gasteiger partial charge is 0.396 e. The molecular weight excluding hydrogens is 376 g/mol. The number of carbonyl (C=O) groups is 1. The molecule has 0 spiro atoms. The molecule has 2 atom stereocenters. The Morgan fingerprint density at radius 2 is 2.00 bits per heavy atom. The van der Waals surface area contributed by atoms with Gasteiger partial charge in [0.2, 0.25) is 0 Å². The van der Waals surface area contributed by atoms with Crippen LogP contribution in [0.25, 0.3) is 33.1 Å². The van der Waals surface area contributed by atoms with Gasteiger partial charge in [-0.25, -0.2) is 0 Å². The Bertz CT molecular complexity index is 1220. The fraction of sp³-hybridized carbons (Fsp3) is 0.292. The average Bonchev–Trinajstić information content (AvgIpc) is 3.22. The van der Waals surface area contributed by atoms with E-state index in [-0.39, 0.29) is 24.5 Å². The number of H-pyrrole nitrogens is 1. The Labute approximate surface area is 174 Å². The zero-order valence-electron chi connectivity index (χ0n) is 16.6. The third kappa shape index (κ3) is 3.44. The first-order chi connectivity index (χ1) is 14.7. The predicted molar refractivity (Wildman–Crippen MR) is 117 cm³/mol. The minimum atomic E-state index is -0.106. The van der Waals surface area contributed by atoms with Gasteiger partial charge in [0.05, 0.1) is 11.0 Å². The normalized spacial score (nSPS) is 19.2. The minimum absolute atomic E-state index is 0.0282. The lowest BCUT2D eigenvalue weighted by molar-refractivity contribution is 0.0872. The number of nitrogens with zero attached hydrogens (tertiary/aromatic N) is 2. The van der Waals surface area contributed by atoms with E-state index in [1.54, 1.807) is 0 Å². The Balaban J connectivity index is 1.47. The summed E-state index contributed by atoms with van der Waals surface area (Å²) in [5, 5.41) is 22.2. The van der Waals surface area contributed by atoms with Gasteiger partial charge in [-0.15, -0.1) is 0 Å². The van der Waals surface area contributed by atoms with E-state index in [9.17, 15) is 9.90 Å². The van der Waals surface area contributed by atoms with Crippen LogP contribution < -0.4 is 5.32 Å². The lowest BCUT2D eigenvalue weighted by Gasteiger charge is -2.30. The molecule has 0 saturated heterocycles. The first-order valence-corrected chi connectivity index (χ1v) is 10.5. The first-order valence-electron chi connectivity index (χ1n) is 10.5. The molecule has 1 amide bonds. The van der Waals surface area contributed by atoms with Crippen molar-refractivity contribution in [2.75, 3.05) is 6.61 Å². The number of nitrogens with one attached hydrogen (secondary N) is 2. The maximum Gasteiger partial charge on any atom is 0.251 e. The number of fused-ring (bicyclic) bond motifs is 2. The summed E-state index contributed by atoms with van der Waals surface area (Å²) in [5.74, 6) is 0.0330. The van der Waals surface area contributed by atoms with E-state index < -0.39 is 0 Å². The van der Waals surface area contributed by atoms with Crippen LogP contribution in [-0.4, -0.2) is 38.8 Å². The molecule has 0 unspecified atom stereocenters. The van der Waals surface area contributed by atoms with Gasteiger partial charge in [0.1, 0.15) is 5.69 Å². The van der Waals surface area contributed by atoms with E-state index in [0.717, 1.165) is 58.7 Å². The Kier molecular flexibility index (Phi) is 4.93. The van der Waals surface area contributed by atoms with E-state index in [2.05, 4.69) is 26.6 Å². The van der Waals surface area contributed by atoms with Gasteiger partial charge in [-0.1, -0.05) is 31.0 Å². The van der Waals surface area contributed by atoms with Crippen molar-refractivity contribution < 1.29 is 9.90 Å². The number of aliphatic hydroxyl groups is 1. The van der Waals surface area contributed by atoms with Crippen LogP contribution in [0.3, 0.4) is 0 Å². The number of pyridine rings is 1. The molecular formula is C24H24N4O2. The zero-order valence-corrected chi connectivity index (χ0v) is 16.6. The molecule has 0 bridgehead atoms. The molecule has 2 aromatic heterocycles. The molecule has 0 radical (unpaired) electrons. The Morgan fingerprint density at radius 3 is 2.90 bits per heavy atom. The lowest BCUT2D eigenvalue weighted by Crippen LogP contribution is -2.43. The number of hydrogen-bond donors (Lipinski definition) is 3. The highest BCUT2D eigenvalue weighted by atomic mass is 16.3. The number of amides is 1. The first kappa shape index (κ1) is 18.8. The Morgan fingerprint density at radius 1 is 1.13 bits per heavy atom. The van der Waals surface area contributed by atoms with Crippen LogP contribution in [0.1, 0.15) is 36.0 Å². The number of aromatic amines is 1. The van der Waals surface area contributed by atoms with E-state index >= 15 is 0 Å². The van der Waals surface area contributed by atoms with Gasteiger partial charge in [-0.05, 0) is 43.2 Å². The summed E-state index contributed by atoms with van der Waals surface area (Å²) >= 11 is 0. The van der Waals surface area contributed by atoms with Gasteiger partial charge in [-0.2, -0.15) is 5.10 Å². The SMILES string of the molecule is O=C(N[C@H]1CCCC[C@H]1CO)c1ccc2[nH]nc(-c3cnc4ccccc4c3)c2c1. The highest BCUT2D eigenvalue weighted by Gasteiger charge is 2.26. The number of rotatable bonds is 4. The van der Waals surface area contributed by atoms with Gasteiger partial charge in [0.25, 0.3) is 5.91 Å². The summed E-state index contributed by atoms with van der Waals surface area (Å²) in [6, 6.07) is 15.7. The summed E-state index contributed by atoms with van der Waals surface area (Å²) in [6.45, 7) is 0.116. The van der Waals surface area contributed by atoms with Crippen LogP contribution in [-0.2, 0) is 0 Å². The smallest absolute Gasteiger partial charge is 0.251 e. The molecule has 1 fully saturated rings. The van der Waals surface area contributed by atoms with Crippen molar-refractivity contribution in [3.05, 3.63) is 60.3 Å². The molecule has 6 nitrogen and oxygen atoms in total. The van der Waals surface area contributed by atoms with E-state index in [4.69, 9.17) is 0 Å². The van der Waals surface area contributed by atoms with Gasteiger partial charge < -0.3 is 10.4 Å². The second-order valence-corrected chi connectivity index (χ2v) is 8.06. The number of hydrogen-bond acceptors (Lipinski definition) is 4. The third-order valence-corrected chi connectivity index (χ3v) is 6.15. The average molecular weight is 400 g/mol. The summed E-state index contributed by atoms with van der Waals surface area (Å²) in [4.78, 5) is 17.5. The molecule has 1 aliphatic carbocycles. The van der Waals surface area contributed by atoms with Crippen LogP contribution in [0.2, 0.25) is 0 Å². The maximum absolute atomic E-state index is 12.9. The number of aromatic nitrogens is 3. The van der Waals surface area contributed by atoms with Crippen LogP contribution in [0.15, 0.2) is 54.7 Å². The van der Waals surface area contributed by atoms with Crippen molar-refractivity contribution in [2.24, 2.45) is 5.92 Å². The predicted octanol–water partition coefficient (Wildman–Crippen LogP) is 4.06. The molecule has 152 valence electrons. The molecule has 4 aromatic rings. The lowest BCUT2D eigenvalue weighted by atomic mass is 9.85. The van der Waals surface area contributed by atoms with E-state index in [0.29, 0.717) is 5.56 Å². The molecule has 2 aromatic carbocycles. The molecule has 2 heterocycles. The molecule has 3 N–H and O–H groups in total. The molecule has 5 rings (SSSR count).